The van der Waals surface area contributed by atoms with Crippen molar-refractivity contribution in [3.63, 3.8) is 0 Å². The van der Waals surface area contributed by atoms with Crippen LogP contribution in [0.1, 0.15) is 5.56 Å². The first-order valence-corrected chi connectivity index (χ1v) is 5.74. The molecule has 1 fully saturated rings. The molecule has 5 nitrogen and oxygen atoms in total. The summed E-state index contributed by atoms with van der Waals surface area (Å²) in [4.78, 5) is 16.1. The summed E-state index contributed by atoms with van der Waals surface area (Å²) in [7, 11) is 0. The first kappa shape index (κ1) is 14.1. The highest BCUT2D eigenvalue weighted by atomic mass is 19.4. The van der Waals surface area contributed by atoms with E-state index in [1.54, 1.807) is 0 Å². The van der Waals surface area contributed by atoms with Crippen molar-refractivity contribution in [2.45, 2.75) is 6.18 Å². The molecular weight excluding hydrogens is 275 g/mol. The summed E-state index contributed by atoms with van der Waals surface area (Å²) >= 11 is 0. The van der Waals surface area contributed by atoms with Crippen molar-refractivity contribution in [2.24, 2.45) is 11.8 Å². The van der Waals surface area contributed by atoms with Gasteiger partial charge < -0.3 is 10.0 Å². The van der Waals surface area contributed by atoms with Gasteiger partial charge in [0, 0.05) is 19.3 Å². The summed E-state index contributed by atoms with van der Waals surface area (Å²) in [5.74, 6) is -4.92. The van der Waals surface area contributed by atoms with Crippen LogP contribution in [0.15, 0.2) is 18.3 Å². The molecule has 20 heavy (non-hydrogen) atoms. The van der Waals surface area contributed by atoms with Crippen LogP contribution >= 0.6 is 0 Å². The van der Waals surface area contributed by atoms with Gasteiger partial charge >= 0.3 is 12.1 Å². The van der Waals surface area contributed by atoms with Crippen molar-refractivity contribution in [1.29, 1.82) is 5.26 Å². The van der Waals surface area contributed by atoms with Crippen molar-refractivity contribution >= 4 is 11.8 Å². The molecule has 2 atom stereocenters. The topological polar surface area (TPSA) is 77.2 Å². The first-order chi connectivity index (χ1) is 9.34. The lowest BCUT2D eigenvalue weighted by Crippen LogP contribution is -2.33. The van der Waals surface area contributed by atoms with E-state index < -0.39 is 30.5 Å². The van der Waals surface area contributed by atoms with Gasteiger partial charge in [-0.2, -0.15) is 18.4 Å². The van der Waals surface area contributed by atoms with E-state index in [0.717, 1.165) is 0 Å². The predicted octanol–water partition coefficient (Wildman–Crippen LogP) is 1.65. The molecule has 1 saturated heterocycles. The van der Waals surface area contributed by atoms with E-state index in [-0.39, 0.29) is 17.9 Å². The van der Waals surface area contributed by atoms with Gasteiger partial charge in [0.1, 0.15) is 11.9 Å². The molecule has 1 aliphatic rings. The van der Waals surface area contributed by atoms with Crippen molar-refractivity contribution in [2.75, 3.05) is 18.0 Å². The second-order valence-electron chi connectivity index (χ2n) is 4.48. The maximum atomic E-state index is 12.9. The van der Waals surface area contributed by atoms with Crippen LogP contribution in [0.5, 0.6) is 0 Å². The first-order valence-electron chi connectivity index (χ1n) is 5.74. The van der Waals surface area contributed by atoms with Gasteiger partial charge in [-0.25, -0.2) is 4.98 Å². The second-order valence-corrected chi connectivity index (χ2v) is 4.48. The van der Waals surface area contributed by atoms with Crippen LogP contribution in [0.25, 0.3) is 0 Å². The minimum absolute atomic E-state index is 0.0907. The Morgan fingerprint density at radius 3 is 2.70 bits per heavy atom. The fraction of sp³-hybridized carbons (Fsp3) is 0.417. The Hall–Kier alpha value is -2.30. The molecule has 1 aliphatic heterocycles. The number of carboxylic acid groups (broad SMARTS) is 1. The molecule has 0 aliphatic carbocycles. The van der Waals surface area contributed by atoms with Crippen LogP contribution in [-0.4, -0.2) is 35.3 Å². The Labute approximate surface area is 112 Å². The highest BCUT2D eigenvalue weighted by Gasteiger charge is 2.53. The molecule has 2 heterocycles. The summed E-state index contributed by atoms with van der Waals surface area (Å²) in [5, 5.41) is 17.9. The van der Waals surface area contributed by atoms with Gasteiger partial charge in [-0.15, -0.1) is 0 Å². The highest BCUT2D eigenvalue weighted by molar-refractivity contribution is 5.73. The van der Waals surface area contributed by atoms with Gasteiger partial charge in [0.25, 0.3) is 0 Å². The Bertz CT molecular complexity index is 568. The zero-order chi connectivity index (χ0) is 14.9. The van der Waals surface area contributed by atoms with Gasteiger partial charge in [-0.05, 0) is 12.1 Å². The number of carboxylic acids is 1. The number of halogens is 3. The molecule has 2 rings (SSSR count). The highest BCUT2D eigenvalue weighted by Crippen LogP contribution is 2.39. The van der Waals surface area contributed by atoms with Gasteiger partial charge in [0.15, 0.2) is 0 Å². The number of hydrogen-bond donors (Lipinski definition) is 1. The predicted molar refractivity (Wildman–Crippen MR) is 61.8 cm³/mol. The number of nitrogens with zero attached hydrogens (tertiary/aromatic N) is 3. The Morgan fingerprint density at radius 1 is 1.50 bits per heavy atom. The number of hydrogen-bond acceptors (Lipinski definition) is 4. The number of pyridine rings is 1. The fourth-order valence-corrected chi connectivity index (χ4v) is 2.29. The van der Waals surface area contributed by atoms with Crippen LogP contribution in [0.4, 0.5) is 19.0 Å². The van der Waals surface area contributed by atoms with Crippen LogP contribution < -0.4 is 4.90 Å². The fourth-order valence-electron chi connectivity index (χ4n) is 2.29. The van der Waals surface area contributed by atoms with Crippen molar-refractivity contribution in [1.82, 2.24) is 4.98 Å². The Morgan fingerprint density at radius 2 is 2.20 bits per heavy atom. The number of rotatable bonds is 2. The molecule has 106 valence electrons. The third-order valence-electron chi connectivity index (χ3n) is 3.26. The molecule has 1 N–H and O–H groups in total. The zero-order valence-corrected chi connectivity index (χ0v) is 10.1. The average Bonchev–Trinajstić information content (AvgIpc) is 2.83. The number of aromatic nitrogens is 1. The van der Waals surface area contributed by atoms with E-state index in [1.807, 2.05) is 6.07 Å². The Kier molecular flexibility index (Phi) is 3.53. The minimum atomic E-state index is -4.60. The lowest BCUT2D eigenvalue weighted by molar-refractivity contribution is -0.187. The maximum absolute atomic E-state index is 12.9. The van der Waals surface area contributed by atoms with Crippen LogP contribution in [0.2, 0.25) is 0 Å². The lowest BCUT2D eigenvalue weighted by atomic mass is 9.96. The number of anilines is 1. The molecule has 0 radical (unpaired) electrons. The molecule has 0 unspecified atom stereocenters. The van der Waals surface area contributed by atoms with Gasteiger partial charge in [0.2, 0.25) is 0 Å². The molecule has 1 aromatic rings. The van der Waals surface area contributed by atoms with Crippen molar-refractivity contribution in [3.05, 3.63) is 23.9 Å². The normalized spacial score (nSPS) is 22.6. The molecule has 0 aromatic carbocycles. The molecular formula is C12H10F3N3O2. The third kappa shape index (κ3) is 2.52. The number of aliphatic carboxylic acids is 1. The van der Waals surface area contributed by atoms with E-state index in [4.69, 9.17) is 10.4 Å². The minimum Gasteiger partial charge on any atom is -0.481 e. The number of alkyl halides is 3. The van der Waals surface area contributed by atoms with Crippen LogP contribution in [0, 0.1) is 23.2 Å². The average molecular weight is 285 g/mol. The summed E-state index contributed by atoms with van der Waals surface area (Å²) in [6.07, 6.45) is -3.24. The summed E-state index contributed by atoms with van der Waals surface area (Å²) in [6.45, 7) is -0.822. The summed E-state index contributed by atoms with van der Waals surface area (Å²) in [5.41, 5.74) is 0.125. The van der Waals surface area contributed by atoms with Crippen LogP contribution in [0.3, 0.4) is 0 Å². The Balaban J connectivity index is 2.33. The van der Waals surface area contributed by atoms with Crippen molar-refractivity contribution < 1.29 is 23.1 Å². The lowest BCUT2D eigenvalue weighted by Gasteiger charge is -2.19. The smallest absolute Gasteiger partial charge is 0.394 e. The molecule has 1 aromatic heterocycles. The van der Waals surface area contributed by atoms with E-state index in [0.29, 0.717) is 0 Å². The number of carbonyl (C=O) groups is 1. The molecule has 8 heteroatoms. The molecule has 0 saturated carbocycles. The largest absolute Gasteiger partial charge is 0.481 e. The summed E-state index contributed by atoms with van der Waals surface area (Å²) < 4.78 is 38.6. The van der Waals surface area contributed by atoms with Crippen LogP contribution in [-0.2, 0) is 4.79 Å². The standard InChI is InChI=1S/C12H10F3N3O2/c13-12(14,15)9-6-18(5-8(9)11(19)20)10-7(4-16)2-1-3-17-10/h1-3,8-9H,5-6H2,(H,19,20)/t8-,9-/m1/s1. The second kappa shape index (κ2) is 5.00. The van der Waals surface area contributed by atoms with E-state index >= 15 is 0 Å². The van der Waals surface area contributed by atoms with Gasteiger partial charge in [0.05, 0.1) is 17.4 Å². The zero-order valence-electron chi connectivity index (χ0n) is 10.1. The van der Waals surface area contributed by atoms with E-state index in [9.17, 15) is 18.0 Å². The quantitative estimate of drug-likeness (QED) is 0.894. The maximum Gasteiger partial charge on any atom is 0.394 e. The molecule has 0 bridgehead atoms. The summed E-state index contributed by atoms with van der Waals surface area (Å²) in [6, 6.07) is 4.76. The van der Waals surface area contributed by atoms with Gasteiger partial charge in [-0.3, -0.25) is 4.79 Å². The third-order valence-corrected chi connectivity index (χ3v) is 3.26. The molecule has 0 amide bonds. The molecule has 0 spiro atoms. The number of nitriles is 1. The van der Waals surface area contributed by atoms with Gasteiger partial charge in [-0.1, -0.05) is 0 Å². The van der Waals surface area contributed by atoms with E-state index in [1.165, 1.54) is 23.2 Å². The van der Waals surface area contributed by atoms with E-state index in [2.05, 4.69) is 4.98 Å². The monoisotopic (exact) mass is 285 g/mol. The SMILES string of the molecule is N#Cc1cccnc1N1C[C@@H](C(F)(F)F)[C@H](C(=O)O)C1. The van der Waals surface area contributed by atoms with Crippen molar-refractivity contribution in [3.8, 4) is 6.07 Å².